The van der Waals surface area contributed by atoms with E-state index < -0.39 is 0 Å². The van der Waals surface area contributed by atoms with Crippen LogP contribution >= 0.6 is 0 Å². The van der Waals surface area contributed by atoms with E-state index in [0.717, 1.165) is 37.9 Å². The summed E-state index contributed by atoms with van der Waals surface area (Å²) in [7, 11) is 0. The molecule has 1 aromatic rings. The van der Waals surface area contributed by atoms with E-state index in [-0.39, 0.29) is 0 Å². The highest BCUT2D eigenvalue weighted by Gasteiger charge is 2.53. The normalized spacial score (nSPS) is 20.1. The Hall–Kier alpha value is -1.51. The fourth-order valence-corrected chi connectivity index (χ4v) is 3.10. The first-order chi connectivity index (χ1) is 10.3. The van der Waals surface area contributed by atoms with E-state index in [4.69, 9.17) is 4.99 Å². The van der Waals surface area contributed by atoms with Gasteiger partial charge in [-0.3, -0.25) is 4.99 Å². The summed E-state index contributed by atoms with van der Waals surface area (Å²) >= 11 is 0. The van der Waals surface area contributed by atoms with Crippen LogP contribution < -0.4 is 10.6 Å². The van der Waals surface area contributed by atoms with Gasteiger partial charge >= 0.3 is 0 Å². The highest BCUT2D eigenvalue weighted by Crippen LogP contribution is 2.61. The van der Waals surface area contributed by atoms with Crippen LogP contribution in [-0.2, 0) is 6.42 Å². The molecule has 2 fully saturated rings. The van der Waals surface area contributed by atoms with E-state index in [1.807, 2.05) is 0 Å². The summed E-state index contributed by atoms with van der Waals surface area (Å²) in [6.45, 7) is 5.00. The molecule has 0 aromatic heterocycles. The van der Waals surface area contributed by atoms with Gasteiger partial charge in [0.15, 0.2) is 5.96 Å². The minimum atomic E-state index is 0.585. The van der Waals surface area contributed by atoms with Crippen LogP contribution in [0.15, 0.2) is 35.3 Å². The highest BCUT2D eigenvalue weighted by atomic mass is 15.2. The molecule has 0 amide bonds. The van der Waals surface area contributed by atoms with Gasteiger partial charge in [0, 0.05) is 19.6 Å². The summed E-state index contributed by atoms with van der Waals surface area (Å²) in [4.78, 5) is 4.83. The van der Waals surface area contributed by atoms with E-state index in [9.17, 15) is 0 Å². The van der Waals surface area contributed by atoms with Crippen LogP contribution in [0.1, 0.15) is 38.2 Å². The lowest BCUT2D eigenvalue weighted by atomic mass is 10.0. The van der Waals surface area contributed by atoms with Gasteiger partial charge in [0.2, 0.25) is 0 Å². The molecule has 0 bridgehead atoms. The number of rotatable bonds is 7. The van der Waals surface area contributed by atoms with Crippen molar-refractivity contribution in [1.82, 2.24) is 10.6 Å². The van der Waals surface area contributed by atoms with Crippen molar-refractivity contribution in [3.63, 3.8) is 0 Å². The molecule has 0 saturated heterocycles. The van der Waals surface area contributed by atoms with Crippen LogP contribution in [0.5, 0.6) is 0 Å². The van der Waals surface area contributed by atoms with Crippen molar-refractivity contribution in [2.75, 3.05) is 19.6 Å². The van der Waals surface area contributed by atoms with Gasteiger partial charge in [-0.1, -0.05) is 30.3 Å². The van der Waals surface area contributed by atoms with Crippen molar-refractivity contribution in [3.05, 3.63) is 35.9 Å². The Labute approximate surface area is 128 Å². The zero-order valence-electron chi connectivity index (χ0n) is 13.1. The summed E-state index contributed by atoms with van der Waals surface area (Å²) < 4.78 is 0. The van der Waals surface area contributed by atoms with Crippen LogP contribution in [0.25, 0.3) is 0 Å². The minimum Gasteiger partial charge on any atom is -0.357 e. The van der Waals surface area contributed by atoms with Crippen LogP contribution in [0.3, 0.4) is 0 Å². The van der Waals surface area contributed by atoms with E-state index >= 15 is 0 Å². The number of hydrogen-bond acceptors (Lipinski definition) is 1. The van der Waals surface area contributed by atoms with Crippen molar-refractivity contribution in [2.45, 2.75) is 39.0 Å². The molecule has 2 N–H and O–H groups in total. The molecule has 114 valence electrons. The average molecular weight is 285 g/mol. The fourth-order valence-electron chi connectivity index (χ4n) is 3.10. The fraction of sp³-hybridized carbons (Fsp3) is 0.611. The maximum Gasteiger partial charge on any atom is 0.191 e. The van der Waals surface area contributed by atoms with Gasteiger partial charge in [-0.15, -0.1) is 0 Å². The van der Waals surface area contributed by atoms with E-state index in [1.165, 1.54) is 31.2 Å². The summed E-state index contributed by atoms with van der Waals surface area (Å²) in [6.07, 6.45) is 6.70. The second kappa shape index (κ2) is 6.50. The second-order valence-electron chi connectivity index (χ2n) is 6.49. The van der Waals surface area contributed by atoms with Crippen LogP contribution in [-0.4, -0.2) is 25.6 Å². The quantitative estimate of drug-likeness (QED) is 0.597. The molecule has 1 aromatic carbocycles. The number of guanidine groups is 1. The molecule has 0 unspecified atom stereocenters. The molecule has 0 atom stereocenters. The standard InChI is InChI=1S/C18H27N3/c1-2-19-17(20-13-10-15-6-4-3-5-7-15)21-14-18(11-12-18)16-8-9-16/h3-7,16H,2,8-14H2,1H3,(H2,19,20,21). The lowest BCUT2D eigenvalue weighted by molar-refractivity contribution is 0.452. The van der Waals surface area contributed by atoms with Gasteiger partial charge in [0.1, 0.15) is 0 Å². The Morgan fingerprint density at radius 1 is 1.19 bits per heavy atom. The van der Waals surface area contributed by atoms with Crippen molar-refractivity contribution in [1.29, 1.82) is 0 Å². The zero-order valence-corrected chi connectivity index (χ0v) is 13.1. The third-order valence-electron chi connectivity index (χ3n) is 4.78. The Morgan fingerprint density at radius 3 is 2.57 bits per heavy atom. The Balaban J connectivity index is 1.47. The number of nitrogens with zero attached hydrogens (tertiary/aromatic N) is 1. The lowest BCUT2D eigenvalue weighted by Gasteiger charge is -2.15. The second-order valence-corrected chi connectivity index (χ2v) is 6.49. The van der Waals surface area contributed by atoms with Gasteiger partial charge in [-0.05, 0) is 55.9 Å². The van der Waals surface area contributed by atoms with E-state index in [0.29, 0.717) is 5.41 Å². The molecule has 0 heterocycles. The lowest BCUT2D eigenvalue weighted by Crippen LogP contribution is -2.38. The number of aliphatic imine (C=N–C) groups is 1. The zero-order chi connectivity index (χ0) is 14.5. The van der Waals surface area contributed by atoms with Gasteiger partial charge < -0.3 is 10.6 Å². The van der Waals surface area contributed by atoms with E-state index in [1.54, 1.807) is 0 Å². The molecule has 0 radical (unpaired) electrons. The Morgan fingerprint density at radius 2 is 1.95 bits per heavy atom. The van der Waals surface area contributed by atoms with Gasteiger partial charge in [0.05, 0.1) is 0 Å². The SMILES string of the molecule is CCNC(=NCC1(C2CC2)CC1)NCCc1ccccc1. The average Bonchev–Trinajstić information content (AvgIpc) is 3.39. The monoisotopic (exact) mass is 285 g/mol. The van der Waals surface area contributed by atoms with Gasteiger partial charge in [0.25, 0.3) is 0 Å². The number of nitrogens with one attached hydrogen (secondary N) is 2. The van der Waals surface area contributed by atoms with Crippen molar-refractivity contribution in [2.24, 2.45) is 16.3 Å². The minimum absolute atomic E-state index is 0.585. The molecule has 2 aliphatic rings. The van der Waals surface area contributed by atoms with Crippen LogP contribution in [0, 0.1) is 11.3 Å². The largest absolute Gasteiger partial charge is 0.357 e. The maximum absolute atomic E-state index is 4.83. The maximum atomic E-state index is 4.83. The van der Waals surface area contributed by atoms with E-state index in [2.05, 4.69) is 47.9 Å². The van der Waals surface area contributed by atoms with Crippen LogP contribution in [0.2, 0.25) is 0 Å². The molecule has 21 heavy (non-hydrogen) atoms. The third-order valence-corrected chi connectivity index (χ3v) is 4.78. The molecule has 3 heteroatoms. The van der Waals surface area contributed by atoms with Crippen molar-refractivity contribution < 1.29 is 0 Å². The Bertz CT molecular complexity index is 472. The molecule has 3 rings (SSSR count). The molecule has 2 saturated carbocycles. The molecule has 0 aliphatic heterocycles. The van der Waals surface area contributed by atoms with Gasteiger partial charge in [-0.25, -0.2) is 0 Å². The Kier molecular flexibility index (Phi) is 4.47. The molecular weight excluding hydrogens is 258 g/mol. The van der Waals surface area contributed by atoms with Gasteiger partial charge in [-0.2, -0.15) is 0 Å². The smallest absolute Gasteiger partial charge is 0.191 e. The summed E-state index contributed by atoms with van der Waals surface area (Å²) in [5.41, 5.74) is 1.96. The highest BCUT2D eigenvalue weighted by molar-refractivity contribution is 5.79. The first-order valence-electron chi connectivity index (χ1n) is 8.38. The topological polar surface area (TPSA) is 36.4 Å². The van der Waals surface area contributed by atoms with Crippen LogP contribution in [0.4, 0.5) is 0 Å². The molecule has 3 nitrogen and oxygen atoms in total. The molecule has 2 aliphatic carbocycles. The predicted octanol–water partition coefficient (Wildman–Crippen LogP) is 2.97. The molecule has 0 spiro atoms. The number of hydrogen-bond donors (Lipinski definition) is 2. The summed E-state index contributed by atoms with van der Waals surface area (Å²) in [5, 5.41) is 6.84. The summed E-state index contributed by atoms with van der Waals surface area (Å²) in [5.74, 6) is 1.97. The third kappa shape index (κ3) is 3.99. The summed E-state index contributed by atoms with van der Waals surface area (Å²) in [6, 6.07) is 10.6. The van der Waals surface area contributed by atoms with Crippen molar-refractivity contribution in [3.8, 4) is 0 Å². The first kappa shape index (κ1) is 14.4. The predicted molar refractivity (Wildman–Crippen MR) is 88.5 cm³/mol. The first-order valence-corrected chi connectivity index (χ1v) is 8.38. The number of benzene rings is 1. The molecular formula is C18H27N3. The van der Waals surface area contributed by atoms with Crippen molar-refractivity contribution >= 4 is 5.96 Å².